The van der Waals surface area contributed by atoms with E-state index in [1.807, 2.05) is 17.5 Å². The Hall–Kier alpha value is -1.66. The lowest BCUT2D eigenvalue weighted by molar-refractivity contribution is 0.0617. The Labute approximate surface area is 133 Å². The van der Waals surface area contributed by atoms with Gasteiger partial charge in [0.2, 0.25) is 5.88 Å². The zero-order chi connectivity index (χ0) is 15.1. The summed E-state index contributed by atoms with van der Waals surface area (Å²) in [6.45, 7) is 3.31. The zero-order valence-electron chi connectivity index (χ0n) is 12.5. The number of nitrogens with zero attached hydrogens (tertiary/aromatic N) is 2. The molecule has 116 valence electrons. The van der Waals surface area contributed by atoms with Gasteiger partial charge in [-0.05, 0) is 49.4 Å². The molecule has 0 radical (unpaired) electrons. The number of nitrogens with one attached hydrogen (secondary N) is 1. The standard InChI is InChI=1S/C16H19N3O2S/c1-21-16-14-11(4-7-22-14)8-12(18-16)15(20)17-13-9-19-5-2-10(13)3-6-19/h4,7-8,10,13H,2-3,5-6,9H2,1H3,(H,17,20). The van der Waals surface area contributed by atoms with Crippen molar-refractivity contribution in [3.05, 3.63) is 23.2 Å². The van der Waals surface area contributed by atoms with Gasteiger partial charge in [-0.15, -0.1) is 11.3 Å². The summed E-state index contributed by atoms with van der Waals surface area (Å²) in [6.07, 6.45) is 2.37. The van der Waals surface area contributed by atoms with Crippen molar-refractivity contribution in [3.8, 4) is 5.88 Å². The molecule has 0 spiro atoms. The minimum atomic E-state index is -0.0925. The number of thiophene rings is 1. The third kappa shape index (κ3) is 2.36. The van der Waals surface area contributed by atoms with Gasteiger partial charge in [-0.2, -0.15) is 0 Å². The highest BCUT2D eigenvalue weighted by Crippen LogP contribution is 2.30. The van der Waals surface area contributed by atoms with Crippen molar-refractivity contribution >= 4 is 27.3 Å². The first-order chi connectivity index (χ1) is 10.7. The summed E-state index contributed by atoms with van der Waals surface area (Å²) in [4.78, 5) is 19.4. The third-order valence-electron chi connectivity index (χ3n) is 4.80. The van der Waals surface area contributed by atoms with Crippen LogP contribution in [-0.4, -0.2) is 48.6 Å². The number of fused-ring (bicyclic) bond motifs is 4. The van der Waals surface area contributed by atoms with Crippen LogP contribution in [0.25, 0.3) is 10.1 Å². The van der Waals surface area contributed by atoms with Crippen molar-refractivity contribution in [2.45, 2.75) is 18.9 Å². The lowest BCUT2D eigenvalue weighted by Crippen LogP contribution is -2.57. The van der Waals surface area contributed by atoms with Gasteiger partial charge in [0, 0.05) is 18.0 Å². The molecule has 1 amide bonds. The van der Waals surface area contributed by atoms with Gasteiger partial charge in [-0.1, -0.05) is 0 Å². The molecule has 1 unspecified atom stereocenters. The molecule has 2 aromatic heterocycles. The maximum absolute atomic E-state index is 12.6. The largest absolute Gasteiger partial charge is 0.480 e. The Morgan fingerprint density at radius 3 is 2.95 bits per heavy atom. The van der Waals surface area contributed by atoms with Crippen LogP contribution in [0.4, 0.5) is 0 Å². The molecule has 2 bridgehead atoms. The van der Waals surface area contributed by atoms with Crippen molar-refractivity contribution in [3.63, 3.8) is 0 Å². The van der Waals surface area contributed by atoms with Crippen LogP contribution in [0.1, 0.15) is 23.3 Å². The molecule has 5 heterocycles. The van der Waals surface area contributed by atoms with E-state index in [9.17, 15) is 4.79 Å². The average molecular weight is 317 g/mol. The van der Waals surface area contributed by atoms with E-state index >= 15 is 0 Å². The predicted molar refractivity (Wildman–Crippen MR) is 86.6 cm³/mol. The highest BCUT2D eigenvalue weighted by molar-refractivity contribution is 7.17. The van der Waals surface area contributed by atoms with Crippen molar-refractivity contribution < 1.29 is 9.53 Å². The van der Waals surface area contributed by atoms with Crippen LogP contribution in [-0.2, 0) is 0 Å². The Morgan fingerprint density at radius 2 is 2.27 bits per heavy atom. The number of amides is 1. The van der Waals surface area contributed by atoms with Crippen LogP contribution in [0.15, 0.2) is 17.5 Å². The van der Waals surface area contributed by atoms with E-state index in [1.165, 1.54) is 25.9 Å². The van der Waals surface area contributed by atoms with Gasteiger partial charge in [-0.25, -0.2) is 4.98 Å². The summed E-state index contributed by atoms with van der Waals surface area (Å²) in [5.41, 5.74) is 0.444. The van der Waals surface area contributed by atoms with Gasteiger partial charge in [-0.3, -0.25) is 4.79 Å². The first-order valence-electron chi connectivity index (χ1n) is 7.70. The summed E-state index contributed by atoms with van der Waals surface area (Å²) in [7, 11) is 1.59. The van der Waals surface area contributed by atoms with Crippen molar-refractivity contribution in [1.29, 1.82) is 0 Å². The number of piperidine rings is 3. The molecule has 6 heteroatoms. The van der Waals surface area contributed by atoms with Crippen LogP contribution in [0.3, 0.4) is 0 Å². The first-order valence-corrected chi connectivity index (χ1v) is 8.58. The number of hydrogen-bond donors (Lipinski definition) is 1. The summed E-state index contributed by atoms with van der Waals surface area (Å²) in [6, 6.07) is 4.10. The number of carbonyl (C=O) groups is 1. The summed E-state index contributed by atoms with van der Waals surface area (Å²) in [5.74, 6) is 1.05. The van der Waals surface area contributed by atoms with E-state index in [0.717, 1.165) is 16.6 Å². The lowest BCUT2D eigenvalue weighted by Gasteiger charge is -2.44. The van der Waals surface area contributed by atoms with Gasteiger partial charge in [0.1, 0.15) is 5.69 Å². The van der Waals surface area contributed by atoms with Crippen molar-refractivity contribution in [2.24, 2.45) is 5.92 Å². The molecular weight excluding hydrogens is 298 g/mol. The van der Waals surface area contributed by atoms with Crippen LogP contribution >= 0.6 is 11.3 Å². The first kappa shape index (κ1) is 14.0. The van der Waals surface area contributed by atoms with Crippen LogP contribution in [0.5, 0.6) is 5.88 Å². The van der Waals surface area contributed by atoms with Gasteiger partial charge in [0.15, 0.2) is 0 Å². The second kappa shape index (κ2) is 5.52. The molecule has 3 fully saturated rings. The smallest absolute Gasteiger partial charge is 0.270 e. The molecule has 5 nitrogen and oxygen atoms in total. The zero-order valence-corrected chi connectivity index (χ0v) is 13.4. The normalized spacial score (nSPS) is 27.0. The van der Waals surface area contributed by atoms with Crippen LogP contribution in [0, 0.1) is 5.92 Å². The number of hydrogen-bond acceptors (Lipinski definition) is 5. The monoisotopic (exact) mass is 317 g/mol. The average Bonchev–Trinajstić information content (AvgIpc) is 3.03. The van der Waals surface area contributed by atoms with E-state index < -0.39 is 0 Å². The maximum Gasteiger partial charge on any atom is 0.270 e. The van der Waals surface area contributed by atoms with Crippen molar-refractivity contribution in [2.75, 3.05) is 26.7 Å². The number of methoxy groups -OCH3 is 1. The van der Waals surface area contributed by atoms with Crippen LogP contribution in [0.2, 0.25) is 0 Å². The number of rotatable bonds is 3. The fourth-order valence-corrected chi connectivity index (χ4v) is 4.42. The minimum Gasteiger partial charge on any atom is -0.480 e. The molecule has 1 atom stereocenters. The van der Waals surface area contributed by atoms with E-state index in [-0.39, 0.29) is 11.9 Å². The van der Waals surface area contributed by atoms with E-state index in [4.69, 9.17) is 4.74 Å². The van der Waals surface area contributed by atoms with Gasteiger partial charge < -0.3 is 15.0 Å². The maximum atomic E-state index is 12.6. The van der Waals surface area contributed by atoms with Gasteiger partial charge in [0.05, 0.1) is 11.8 Å². The predicted octanol–water partition coefficient (Wildman–Crippen LogP) is 2.13. The fraction of sp³-hybridized carbons (Fsp3) is 0.500. The third-order valence-corrected chi connectivity index (χ3v) is 5.72. The molecule has 0 aromatic carbocycles. The Balaban J connectivity index is 1.57. The second-order valence-corrected chi connectivity index (χ2v) is 6.99. The molecule has 1 N–H and O–H groups in total. The molecular formula is C16H19N3O2S. The minimum absolute atomic E-state index is 0.0925. The van der Waals surface area contributed by atoms with Gasteiger partial charge in [0.25, 0.3) is 5.91 Å². The number of carbonyl (C=O) groups excluding carboxylic acids is 1. The number of ether oxygens (including phenoxy) is 1. The van der Waals surface area contributed by atoms with Crippen LogP contribution < -0.4 is 10.1 Å². The highest BCUT2D eigenvalue weighted by atomic mass is 32.1. The molecule has 0 aliphatic carbocycles. The van der Waals surface area contributed by atoms with E-state index in [0.29, 0.717) is 17.5 Å². The highest BCUT2D eigenvalue weighted by Gasteiger charge is 2.35. The quantitative estimate of drug-likeness (QED) is 0.942. The fourth-order valence-electron chi connectivity index (χ4n) is 3.57. The second-order valence-electron chi connectivity index (χ2n) is 6.07. The Morgan fingerprint density at radius 1 is 1.45 bits per heavy atom. The lowest BCUT2D eigenvalue weighted by atomic mass is 9.84. The molecule has 5 rings (SSSR count). The van der Waals surface area contributed by atoms with Gasteiger partial charge >= 0.3 is 0 Å². The number of aromatic nitrogens is 1. The summed E-state index contributed by atoms with van der Waals surface area (Å²) >= 11 is 1.58. The molecule has 3 aliphatic rings. The van der Waals surface area contributed by atoms with Crippen molar-refractivity contribution in [1.82, 2.24) is 15.2 Å². The number of pyridine rings is 1. The topological polar surface area (TPSA) is 54.5 Å². The molecule has 3 saturated heterocycles. The Kier molecular flexibility index (Phi) is 3.50. The van der Waals surface area contributed by atoms with E-state index in [2.05, 4.69) is 15.2 Å². The summed E-state index contributed by atoms with van der Waals surface area (Å²) in [5, 5.41) is 6.18. The Bertz CT molecular complexity index is 706. The molecule has 0 saturated carbocycles. The molecule has 3 aliphatic heterocycles. The SMILES string of the molecule is COc1nc(C(=O)NC2CN3CCC2CC3)cc2ccsc12. The molecule has 22 heavy (non-hydrogen) atoms. The molecule has 2 aromatic rings. The van der Waals surface area contributed by atoms with E-state index in [1.54, 1.807) is 18.4 Å². The summed E-state index contributed by atoms with van der Waals surface area (Å²) < 4.78 is 6.31.